The van der Waals surface area contributed by atoms with Crippen molar-refractivity contribution in [1.29, 1.82) is 0 Å². The van der Waals surface area contributed by atoms with E-state index in [2.05, 4.69) is 10.6 Å². The minimum Gasteiger partial charge on any atom is -0.427 e. The summed E-state index contributed by atoms with van der Waals surface area (Å²) in [7, 11) is 1.50. The maximum Gasteiger partial charge on any atom is 0.418 e. The second-order valence-electron chi connectivity index (χ2n) is 10.4. The minimum atomic E-state index is -1.52. The number of urea groups is 1. The number of carbonyl (C=O) groups is 5. The molecule has 5 rings (SSSR count). The molecule has 40 heavy (non-hydrogen) atoms. The molecule has 2 aromatic rings. The van der Waals surface area contributed by atoms with E-state index in [1.807, 2.05) is 0 Å². The number of likely N-dealkylation sites (tertiary alicyclic amines) is 1. The van der Waals surface area contributed by atoms with Crippen LogP contribution in [0.25, 0.3) is 0 Å². The Morgan fingerprint density at radius 1 is 1.12 bits per heavy atom. The molecule has 2 heterocycles. The molecule has 0 unspecified atom stereocenters. The van der Waals surface area contributed by atoms with Gasteiger partial charge < -0.3 is 25.2 Å². The molecule has 1 spiro atoms. The van der Waals surface area contributed by atoms with Gasteiger partial charge in [0.15, 0.2) is 0 Å². The highest BCUT2D eigenvalue weighted by Gasteiger charge is 2.58. The molecule has 3 aliphatic rings. The largest absolute Gasteiger partial charge is 0.427 e. The number of hydrogen-bond donors (Lipinski definition) is 2. The van der Waals surface area contributed by atoms with Gasteiger partial charge in [-0.1, -0.05) is 18.2 Å². The third kappa shape index (κ3) is 5.08. The number of ether oxygens (including phenoxy) is 1. The van der Waals surface area contributed by atoms with Gasteiger partial charge in [-0.25, -0.2) is 18.9 Å². The molecule has 2 aromatic carbocycles. The van der Waals surface area contributed by atoms with Crippen LogP contribution in [0.2, 0.25) is 0 Å². The van der Waals surface area contributed by atoms with Crippen LogP contribution in [-0.4, -0.2) is 77.8 Å². The molecular weight excluding hydrogens is 521 g/mol. The van der Waals surface area contributed by atoms with Gasteiger partial charge >= 0.3 is 12.1 Å². The SMILES string of the molecule is CNC(=O)Nc1ccc2c(c1)CC[C@@]21OC(=O)N(CC(=O)N(Cc2ccc(F)cc2)CC2CN(C(C)=O)C2)C1=O. The molecule has 2 fully saturated rings. The molecule has 2 N–H and O–H groups in total. The van der Waals surface area contributed by atoms with Crippen molar-refractivity contribution in [2.24, 2.45) is 5.92 Å². The molecular formula is C28H30FN5O6. The van der Waals surface area contributed by atoms with Crippen LogP contribution < -0.4 is 10.6 Å². The van der Waals surface area contributed by atoms with E-state index in [-0.39, 0.29) is 30.8 Å². The Morgan fingerprint density at radius 3 is 2.52 bits per heavy atom. The number of anilines is 1. The second-order valence-corrected chi connectivity index (χ2v) is 10.4. The van der Waals surface area contributed by atoms with E-state index in [4.69, 9.17) is 4.74 Å². The maximum atomic E-state index is 13.6. The highest BCUT2D eigenvalue weighted by atomic mass is 19.1. The summed E-state index contributed by atoms with van der Waals surface area (Å²) in [6.45, 7) is 2.45. The molecule has 6 amide bonds. The van der Waals surface area contributed by atoms with E-state index in [0.29, 0.717) is 42.9 Å². The van der Waals surface area contributed by atoms with Crippen LogP contribution >= 0.6 is 0 Å². The number of aryl methyl sites for hydroxylation is 1. The first-order chi connectivity index (χ1) is 19.1. The Bertz CT molecular complexity index is 1380. The fourth-order valence-corrected chi connectivity index (χ4v) is 5.48. The zero-order valence-corrected chi connectivity index (χ0v) is 22.2. The lowest BCUT2D eigenvalue weighted by Gasteiger charge is -2.41. The molecule has 12 heteroatoms. The number of benzene rings is 2. The molecule has 1 aliphatic carbocycles. The minimum absolute atomic E-state index is 0.0418. The number of fused-ring (bicyclic) bond motifs is 2. The molecule has 2 saturated heterocycles. The number of halogens is 1. The third-order valence-corrected chi connectivity index (χ3v) is 7.66. The smallest absolute Gasteiger partial charge is 0.418 e. The second kappa shape index (κ2) is 10.6. The number of nitrogens with one attached hydrogen (secondary N) is 2. The molecule has 11 nitrogen and oxygen atoms in total. The first kappa shape index (κ1) is 27.1. The summed E-state index contributed by atoms with van der Waals surface area (Å²) in [6.07, 6.45) is -0.222. The lowest BCUT2D eigenvalue weighted by atomic mass is 9.94. The fraction of sp³-hybridized carbons (Fsp3) is 0.393. The van der Waals surface area contributed by atoms with Crippen LogP contribution in [-0.2, 0) is 37.7 Å². The van der Waals surface area contributed by atoms with Crippen LogP contribution in [0.4, 0.5) is 19.7 Å². The quantitative estimate of drug-likeness (QED) is 0.543. The predicted octanol–water partition coefficient (Wildman–Crippen LogP) is 2.20. The molecule has 0 radical (unpaired) electrons. The predicted molar refractivity (Wildman–Crippen MR) is 140 cm³/mol. The topological polar surface area (TPSA) is 128 Å². The zero-order valence-electron chi connectivity index (χ0n) is 22.2. The zero-order chi connectivity index (χ0) is 28.6. The highest BCUT2D eigenvalue weighted by molar-refractivity contribution is 6.06. The van der Waals surface area contributed by atoms with Crippen LogP contribution in [0.5, 0.6) is 0 Å². The van der Waals surface area contributed by atoms with Gasteiger partial charge in [-0.05, 0) is 41.8 Å². The summed E-state index contributed by atoms with van der Waals surface area (Å²) in [6, 6.07) is 10.4. The summed E-state index contributed by atoms with van der Waals surface area (Å²) in [5, 5.41) is 5.15. The number of imide groups is 1. The van der Waals surface area contributed by atoms with E-state index in [1.54, 1.807) is 35.2 Å². The van der Waals surface area contributed by atoms with Gasteiger partial charge in [-0.15, -0.1) is 0 Å². The van der Waals surface area contributed by atoms with Crippen molar-refractivity contribution >= 4 is 35.5 Å². The normalized spacial score (nSPS) is 19.8. The van der Waals surface area contributed by atoms with Gasteiger partial charge in [0.1, 0.15) is 12.4 Å². The van der Waals surface area contributed by atoms with Crippen LogP contribution in [0.3, 0.4) is 0 Å². The molecule has 0 saturated carbocycles. The average Bonchev–Trinajstić information content (AvgIpc) is 3.37. The van der Waals surface area contributed by atoms with Crippen molar-refractivity contribution in [2.75, 3.05) is 38.5 Å². The van der Waals surface area contributed by atoms with Crippen molar-refractivity contribution in [3.8, 4) is 0 Å². The molecule has 0 bridgehead atoms. The first-order valence-corrected chi connectivity index (χ1v) is 13.0. The van der Waals surface area contributed by atoms with E-state index >= 15 is 0 Å². The lowest BCUT2D eigenvalue weighted by molar-refractivity contribution is -0.143. The number of nitrogens with zero attached hydrogens (tertiary/aromatic N) is 3. The maximum absolute atomic E-state index is 13.6. The van der Waals surface area contributed by atoms with Crippen molar-refractivity contribution in [3.05, 3.63) is 65.0 Å². The van der Waals surface area contributed by atoms with Gasteiger partial charge in [0, 0.05) is 63.7 Å². The fourth-order valence-electron chi connectivity index (χ4n) is 5.48. The average molecular weight is 552 g/mol. The Labute approximate surface area is 230 Å². The van der Waals surface area contributed by atoms with Gasteiger partial charge in [0.2, 0.25) is 17.4 Å². The lowest BCUT2D eigenvalue weighted by Crippen LogP contribution is -2.54. The number of carbonyl (C=O) groups excluding carboxylic acids is 5. The molecule has 210 valence electrons. The third-order valence-electron chi connectivity index (χ3n) is 7.66. The van der Waals surface area contributed by atoms with Crippen molar-refractivity contribution in [3.63, 3.8) is 0 Å². The van der Waals surface area contributed by atoms with Crippen molar-refractivity contribution in [1.82, 2.24) is 20.0 Å². The summed E-state index contributed by atoms with van der Waals surface area (Å²) >= 11 is 0. The van der Waals surface area contributed by atoms with E-state index in [0.717, 1.165) is 10.5 Å². The first-order valence-electron chi connectivity index (χ1n) is 13.0. The number of hydrogen-bond acceptors (Lipinski definition) is 6. The van der Waals surface area contributed by atoms with E-state index in [9.17, 15) is 28.4 Å². The van der Waals surface area contributed by atoms with E-state index < -0.39 is 35.9 Å². The summed E-state index contributed by atoms with van der Waals surface area (Å²) in [5.41, 5.74) is 1.01. The Morgan fingerprint density at radius 2 is 1.85 bits per heavy atom. The van der Waals surface area contributed by atoms with Crippen LogP contribution in [0.15, 0.2) is 42.5 Å². The Kier molecular flexibility index (Phi) is 7.17. The van der Waals surface area contributed by atoms with Crippen LogP contribution in [0, 0.1) is 11.7 Å². The standard InChI is InChI=1S/C28H30FN5O6/c1-17(35)32-13-19(14-32)15-33(12-18-3-5-21(29)6-4-18)24(36)16-34-25(37)28(40-27(34)39)10-9-20-11-22(7-8-23(20)28)31-26(38)30-2/h3-8,11,19H,9-10,12-16H2,1-2H3,(H2,30,31,38)/t28-/m1/s1. The monoisotopic (exact) mass is 551 g/mol. The van der Waals surface area contributed by atoms with Crippen molar-refractivity contribution in [2.45, 2.75) is 31.9 Å². The highest BCUT2D eigenvalue weighted by Crippen LogP contribution is 2.46. The van der Waals surface area contributed by atoms with Gasteiger partial charge in [-0.3, -0.25) is 14.4 Å². The molecule has 1 atom stereocenters. The van der Waals surface area contributed by atoms with E-state index in [1.165, 1.54) is 31.0 Å². The summed E-state index contributed by atoms with van der Waals surface area (Å²) in [5.74, 6) is -1.47. The Balaban J connectivity index is 1.32. The number of amides is 6. The van der Waals surface area contributed by atoms with Gasteiger partial charge in [-0.2, -0.15) is 0 Å². The number of rotatable bonds is 7. The van der Waals surface area contributed by atoms with Crippen LogP contribution in [0.1, 0.15) is 30.0 Å². The molecule has 0 aromatic heterocycles. The van der Waals surface area contributed by atoms with Gasteiger partial charge in [0.05, 0.1) is 0 Å². The molecule has 2 aliphatic heterocycles. The summed E-state index contributed by atoms with van der Waals surface area (Å²) in [4.78, 5) is 67.4. The van der Waals surface area contributed by atoms with Crippen molar-refractivity contribution < 1.29 is 33.1 Å². The summed E-state index contributed by atoms with van der Waals surface area (Å²) < 4.78 is 19.1. The Hall–Kier alpha value is -4.48. The van der Waals surface area contributed by atoms with Gasteiger partial charge in [0.25, 0.3) is 5.91 Å².